The molecule has 2 aromatic heterocycles. The molecule has 0 aliphatic carbocycles. The molecule has 94 valence electrons. The van der Waals surface area contributed by atoms with Gasteiger partial charge in [-0.15, -0.1) is 11.3 Å². The first-order valence-electron chi connectivity index (χ1n) is 5.39. The van der Waals surface area contributed by atoms with Gasteiger partial charge in [-0.1, -0.05) is 0 Å². The zero-order chi connectivity index (χ0) is 13.4. The number of hydrogen-bond donors (Lipinski definition) is 1. The number of nitrogens with zero attached hydrogens (tertiary/aromatic N) is 2. The van der Waals surface area contributed by atoms with Crippen LogP contribution in [0.5, 0.6) is 0 Å². The van der Waals surface area contributed by atoms with E-state index >= 15 is 0 Å². The highest BCUT2D eigenvalue weighted by Crippen LogP contribution is 2.31. The number of hydrogen-bond acceptors (Lipinski definition) is 4. The van der Waals surface area contributed by atoms with Crippen LogP contribution in [0.25, 0.3) is 20.8 Å². The maximum absolute atomic E-state index is 13.6. The topological polar surface area (TPSA) is 63.1 Å². The first-order valence-corrected chi connectivity index (χ1v) is 6.20. The zero-order valence-electron chi connectivity index (χ0n) is 9.50. The van der Waals surface area contributed by atoms with Gasteiger partial charge in [0, 0.05) is 11.8 Å². The molecule has 3 aromatic rings. The van der Waals surface area contributed by atoms with Crippen LogP contribution in [0.1, 0.15) is 10.4 Å². The Bertz CT molecular complexity index is 785. The lowest BCUT2D eigenvalue weighted by molar-refractivity contribution is 0.0697. The fraction of sp³-hybridized carbons (Fsp3) is 0. The van der Waals surface area contributed by atoms with E-state index in [0.29, 0.717) is 20.8 Å². The molecule has 0 saturated carbocycles. The molecule has 1 N–H and O–H groups in total. The van der Waals surface area contributed by atoms with Crippen LogP contribution in [0.15, 0.2) is 36.7 Å². The molecule has 0 bridgehead atoms. The summed E-state index contributed by atoms with van der Waals surface area (Å²) < 4.78 is 14.3. The summed E-state index contributed by atoms with van der Waals surface area (Å²) >= 11 is 1.25. The third-order valence-electron chi connectivity index (χ3n) is 2.64. The molecule has 3 rings (SSSR count). The minimum absolute atomic E-state index is 0.193. The predicted molar refractivity (Wildman–Crippen MR) is 69.8 cm³/mol. The Hall–Kier alpha value is -2.34. The summed E-state index contributed by atoms with van der Waals surface area (Å²) in [7, 11) is 0. The van der Waals surface area contributed by atoms with Crippen LogP contribution in [0, 0.1) is 5.82 Å². The lowest BCUT2D eigenvalue weighted by atomic mass is 10.2. The summed E-state index contributed by atoms with van der Waals surface area (Å²) in [5.74, 6) is -1.44. The highest BCUT2D eigenvalue weighted by Gasteiger charge is 2.12. The maximum atomic E-state index is 13.6. The third-order valence-corrected chi connectivity index (χ3v) is 3.69. The van der Waals surface area contributed by atoms with Crippen LogP contribution in [-0.4, -0.2) is 21.0 Å². The smallest absolute Gasteiger partial charge is 0.335 e. The molecule has 0 unspecified atom stereocenters. The largest absolute Gasteiger partial charge is 0.478 e. The van der Waals surface area contributed by atoms with Crippen LogP contribution in [0.2, 0.25) is 0 Å². The number of halogens is 1. The van der Waals surface area contributed by atoms with Crippen LogP contribution in [0.4, 0.5) is 4.39 Å². The van der Waals surface area contributed by atoms with Crippen LogP contribution in [0.3, 0.4) is 0 Å². The monoisotopic (exact) mass is 274 g/mol. The first kappa shape index (κ1) is 11.7. The van der Waals surface area contributed by atoms with Crippen molar-refractivity contribution in [3.05, 3.63) is 48.0 Å². The number of benzene rings is 1. The molecule has 4 nitrogen and oxygen atoms in total. The summed E-state index contributed by atoms with van der Waals surface area (Å²) in [5.41, 5.74) is 1.21. The number of rotatable bonds is 2. The number of carboxylic acid groups (broad SMARTS) is 1. The van der Waals surface area contributed by atoms with Gasteiger partial charge in [-0.25, -0.2) is 14.2 Å². The van der Waals surface area contributed by atoms with Crippen LogP contribution < -0.4 is 0 Å². The van der Waals surface area contributed by atoms with Gasteiger partial charge >= 0.3 is 5.97 Å². The molecule has 19 heavy (non-hydrogen) atoms. The van der Waals surface area contributed by atoms with Crippen molar-refractivity contribution in [1.82, 2.24) is 9.97 Å². The van der Waals surface area contributed by atoms with Crippen LogP contribution in [-0.2, 0) is 0 Å². The predicted octanol–water partition coefficient (Wildman–Crippen LogP) is 3.20. The Balaban J connectivity index is 2.17. The van der Waals surface area contributed by atoms with Gasteiger partial charge in [0.15, 0.2) is 5.82 Å². The van der Waals surface area contributed by atoms with Gasteiger partial charge in [0.05, 0.1) is 22.0 Å². The molecular weight excluding hydrogens is 267 g/mol. The molecule has 0 atom stereocenters. The minimum atomic E-state index is -0.994. The quantitative estimate of drug-likeness (QED) is 0.779. The van der Waals surface area contributed by atoms with Crippen molar-refractivity contribution in [3.63, 3.8) is 0 Å². The fourth-order valence-corrected chi connectivity index (χ4v) is 2.75. The van der Waals surface area contributed by atoms with Crippen molar-refractivity contribution >= 4 is 27.5 Å². The second-order valence-corrected chi connectivity index (χ2v) is 4.89. The molecule has 0 radical (unpaired) electrons. The molecular formula is C13H7FN2O2S. The lowest BCUT2D eigenvalue weighted by Gasteiger charge is -1.95. The SMILES string of the molecule is O=C(O)c1ccc2nc(-c3ccncc3F)sc2c1. The first-order chi connectivity index (χ1) is 9.15. The Morgan fingerprint density at radius 1 is 1.32 bits per heavy atom. The van der Waals surface area contributed by atoms with E-state index in [2.05, 4.69) is 9.97 Å². The summed E-state index contributed by atoms with van der Waals surface area (Å²) in [6, 6.07) is 6.19. The molecule has 0 fully saturated rings. The van der Waals surface area contributed by atoms with Gasteiger partial charge in [-0.3, -0.25) is 4.98 Å². The van der Waals surface area contributed by atoms with Gasteiger partial charge in [0.1, 0.15) is 5.01 Å². The number of carbonyl (C=O) groups is 1. The Kier molecular flexibility index (Phi) is 2.72. The van der Waals surface area contributed by atoms with Crippen molar-refractivity contribution in [1.29, 1.82) is 0 Å². The zero-order valence-corrected chi connectivity index (χ0v) is 10.3. The second-order valence-electron chi connectivity index (χ2n) is 3.86. The molecule has 0 saturated heterocycles. The van der Waals surface area contributed by atoms with Gasteiger partial charge in [0.2, 0.25) is 0 Å². The van der Waals surface area contributed by atoms with Crippen molar-refractivity contribution in [2.45, 2.75) is 0 Å². The van der Waals surface area contributed by atoms with Crippen molar-refractivity contribution < 1.29 is 14.3 Å². The van der Waals surface area contributed by atoms with Gasteiger partial charge < -0.3 is 5.11 Å². The molecule has 1 aromatic carbocycles. The fourth-order valence-electron chi connectivity index (χ4n) is 1.72. The average molecular weight is 274 g/mol. The van der Waals surface area contributed by atoms with Crippen LogP contribution >= 0.6 is 11.3 Å². The number of pyridine rings is 1. The van der Waals surface area contributed by atoms with E-state index in [9.17, 15) is 9.18 Å². The van der Waals surface area contributed by atoms with E-state index < -0.39 is 11.8 Å². The number of carboxylic acids is 1. The molecule has 2 heterocycles. The number of thiazole rings is 1. The highest BCUT2D eigenvalue weighted by atomic mass is 32.1. The van der Waals surface area contributed by atoms with E-state index in [1.165, 1.54) is 29.7 Å². The van der Waals surface area contributed by atoms with Crippen molar-refractivity contribution in [2.75, 3.05) is 0 Å². The summed E-state index contributed by atoms with van der Waals surface area (Å²) in [5, 5.41) is 9.44. The molecule has 0 spiro atoms. The van der Waals surface area contributed by atoms with Gasteiger partial charge in [-0.05, 0) is 24.3 Å². The third kappa shape index (κ3) is 2.06. The average Bonchev–Trinajstić information content (AvgIpc) is 2.81. The van der Waals surface area contributed by atoms with E-state index in [4.69, 9.17) is 5.11 Å². The van der Waals surface area contributed by atoms with Crippen molar-refractivity contribution in [2.24, 2.45) is 0 Å². The minimum Gasteiger partial charge on any atom is -0.478 e. The standard InChI is InChI=1S/C13H7FN2O2S/c14-9-6-15-4-3-8(9)12-16-10-2-1-7(13(17)18)5-11(10)19-12/h1-6H,(H,17,18). The Morgan fingerprint density at radius 3 is 2.89 bits per heavy atom. The Morgan fingerprint density at radius 2 is 2.16 bits per heavy atom. The van der Waals surface area contributed by atoms with E-state index in [1.807, 2.05) is 0 Å². The van der Waals surface area contributed by atoms with Gasteiger partial charge in [0.25, 0.3) is 0 Å². The second kappa shape index (κ2) is 4.40. The van der Waals surface area contributed by atoms with E-state index in [0.717, 1.165) is 6.20 Å². The van der Waals surface area contributed by atoms with Crippen molar-refractivity contribution in [3.8, 4) is 10.6 Å². The maximum Gasteiger partial charge on any atom is 0.335 e. The molecule has 6 heteroatoms. The van der Waals surface area contributed by atoms with Gasteiger partial charge in [-0.2, -0.15) is 0 Å². The summed E-state index contributed by atoms with van der Waals surface area (Å²) in [6.07, 6.45) is 2.62. The highest BCUT2D eigenvalue weighted by molar-refractivity contribution is 7.21. The van der Waals surface area contributed by atoms with E-state index in [1.54, 1.807) is 12.1 Å². The number of fused-ring (bicyclic) bond motifs is 1. The summed E-state index contributed by atoms with van der Waals surface area (Å²) in [4.78, 5) is 18.9. The molecule has 0 aliphatic heterocycles. The molecule has 0 aliphatic rings. The molecule has 0 amide bonds. The Labute approximate surface area is 111 Å². The lowest BCUT2D eigenvalue weighted by Crippen LogP contribution is -1.94. The normalized spacial score (nSPS) is 10.8. The van der Waals surface area contributed by atoms with E-state index in [-0.39, 0.29) is 5.56 Å². The summed E-state index contributed by atoms with van der Waals surface area (Å²) in [6.45, 7) is 0. The number of aromatic nitrogens is 2. The number of aromatic carboxylic acids is 1.